The molecule has 1 fully saturated rings. The Bertz CT molecular complexity index is 532. The van der Waals surface area contributed by atoms with Crippen molar-refractivity contribution in [3.05, 3.63) is 29.8 Å². The third-order valence-electron chi connectivity index (χ3n) is 3.70. The van der Waals surface area contributed by atoms with Crippen molar-refractivity contribution in [1.82, 2.24) is 5.32 Å². The molecule has 0 spiro atoms. The summed E-state index contributed by atoms with van der Waals surface area (Å²) in [7, 11) is 1.78. The lowest BCUT2D eigenvalue weighted by atomic mass is 9.85. The molecular weight excluding hydrogens is 252 g/mol. The molecule has 1 aromatic rings. The molecule has 0 saturated carbocycles. The Balaban J connectivity index is 2.27. The lowest BCUT2D eigenvalue weighted by Crippen LogP contribution is -2.43. The highest BCUT2D eigenvalue weighted by Gasteiger charge is 2.31. The first-order valence-corrected chi connectivity index (χ1v) is 6.97. The lowest BCUT2D eigenvalue weighted by Gasteiger charge is -2.29. The normalized spacial score (nSPS) is 18.8. The van der Waals surface area contributed by atoms with Crippen molar-refractivity contribution >= 4 is 17.5 Å². The van der Waals surface area contributed by atoms with Crippen LogP contribution < -0.4 is 10.2 Å². The average molecular weight is 274 g/mol. The molecule has 2 amide bonds. The Hall–Kier alpha value is -1.84. The van der Waals surface area contributed by atoms with E-state index < -0.39 is 0 Å². The number of likely N-dealkylation sites (N-methyl/N-ethyl adjacent to an activating group) is 1. The number of carbonyl (C=O) groups excluding carboxylic acids is 2. The van der Waals surface area contributed by atoms with Crippen LogP contribution in [0.25, 0.3) is 0 Å². The van der Waals surface area contributed by atoms with E-state index in [0.29, 0.717) is 12.8 Å². The van der Waals surface area contributed by atoms with E-state index in [2.05, 4.69) is 26.1 Å². The second-order valence-corrected chi connectivity index (χ2v) is 6.32. The summed E-state index contributed by atoms with van der Waals surface area (Å²) < 4.78 is 0. The zero-order valence-corrected chi connectivity index (χ0v) is 12.6. The standard InChI is InChI=1S/C16H22N2O2/c1-16(2,3)11-7-5-6-8-13(11)18(4)15(20)12-9-10-14(19)17-12/h5-8,12H,9-10H2,1-4H3,(H,17,19). The Morgan fingerprint density at radius 3 is 2.50 bits per heavy atom. The Kier molecular flexibility index (Phi) is 3.84. The highest BCUT2D eigenvalue weighted by molar-refractivity contribution is 6.01. The lowest BCUT2D eigenvalue weighted by molar-refractivity contribution is -0.123. The first kappa shape index (κ1) is 14.6. The van der Waals surface area contributed by atoms with Gasteiger partial charge in [-0.2, -0.15) is 0 Å². The van der Waals surface area contributed by atoms with Crippen LogP contribution in [0.4, 0.5) is 5.69 Å². The van der Waals surface area contributed by atoms with E-state index in [1.54, 1.807) is 11.9 Å². The van der Waals surface area contributed by atoms with Crippen molar-refractivity contribution in [3.63, 3.8) is 0 Å². The van der Waals surface area contributed by atoms with Gasteiger partial charge >= 0.3 is 0 Å². The second-order valence-electron chi connectivity index (χ2n) is 6.32. The smallest absolute Gasteiger partial charge is 0.249 e. The van der Waals surface area contributed by atoms with Crippen LogP contribution in [0.2, 0.25) is 0 Å². The highest BCUT2D eigenvalue weighted by Crippen LogP contribution is 2.31. The summed E-state index contributed by atoms with van der Waals surface area (Å²) in [6.45, 7) is 6.38. The fourth-order valence-electron chi connectivity index (χ4n) is 2.55. The van der Waals surface area contributed by atoms with E-state index in [9.17, 15) is 9.59 Å². The molecule has 4 heteroatoms. The van der Waals surface area contributed by atoms with Gasteiger partial charge in [-0.15, -0.1) is 0 Å². The van der Waals surface area contributed by atoms with Gasteiger partial charge < -0.3 is 10.2 Å². The van der Waals surface area contributed by atoms with Crippen LogP contribution in [-0.2, 0) is 15.0 Å². The van der Waals surface area contributed by atoms with Crippen molar-refractivity contribution < 1.29 is 9.59 Å². The van der Waals surface area contributed by atoms with Gasteiger partial charge in [0.1, 0.15) is 6.04 Å². The van der Waals surface area contributed by atoms with Crippen LogP contribution in [-0.4, -0.2) is 24.9 Å². The van der Waals surface area contributed by atoms with Crippen molar-refractivity contribution in [2.75, 3.05) is 11.9 Å². The molecule has 1 aromatic carbocycles. The SMILES string of the molecule is CN(C(=O)C1CCC(=O)N1)c1ccccc1C(C)(C)C. The molecule has 0 radical (unpaired) electrons. The molecule has 2 rings (SSSR count). The largest absolute Gasteiger partial charge is 0.344 e. The van der Waals surface area contributed by atoms with E-state index in [4.69, 9.17) is 0 Å². The molecule has 0 aromatic heterocycles. The summed E-state index contributed by atoms with van der Waals surface area (Å²) in [6.07, 6.45) is 1.02. The second kappa shape index (κ2) is 5.27. The van der Waals surface area contributed by atoms with E-state index >= 15 is 0 Å². The fraction of sp³-hybridized carbons (Fsp3) is 0.500. The summed E-state index contributed by atoms with van der Waals surface area (Å²) in [6, 6.07) is 7.53. The summed E-state index contributed by atoms with van der Waals surface area (Å²) >= 11 is 0. The molecule has 108 valence electrons. The van der Waals surface area contributed by atoms with Gasteiger partial charge in [-0.1, -0.05) is 39.0 Å². The highest BCUT2D eigenvalue weighted by atomic mass is 16.2. The van der Waals surface area contributed by atoms with Crippen molar-refractivity contribution in [1.29, 1.82) is 0 Å². The van der Waals surface area contributed by atoms with Crippen LogP contribution in [0.1, 0.15) is 39.2 Å². The summed E-state index contributed by atoms with van der Waals surface area (Å²) in [5.74, 6) is -0.0894. The summed E-state index contributed by atoms with van der Waals surface area (Å²) in [5.41, 5.74) is 2.00. The maximum Gasteiger partial charge on any atom is 0.249 e. The number of benzene rings is 1. The zero-order valence-electron chi connectivity index (χ0n) is 12.6. The fourth-order valence-corrected chi connectivity index (χ4v) is 2.55. The van der Waals surface area contributed by atoms with Gasteiger partial charge in [-0.05, 0) is 23.5 Å². The number of hydrogen-bond donors (Lipinski definition) is 1. The minimum Gasteiger partial charge on any atom is -0.344 e. The van der Waals surface area contributed by atoms with Crippen LogP contribution in [0, 0.1) is 0 Å². The number of carbonyl (C=O) groups is 2. The molecule has 0 bridgehead atoms. The molecule has 1 N–H and O–H groups in total. The molecular formula is C16H22N2O2. The van der Waals surface area contributed by atoms with Gasteiger partial charge in [0.15, 0.2) is 0 Å². The molecule has 20 heavy (non-hydrogen) atoms. The maximum atomic E-state index is 12.5. The van der Waals surface area contributed by atoms with E-state index in [0.717, 1.165) is 11.3 Å². The maximum absolute atomic E-state index is 12.5. The predicted molar refractivity (Wildman–Crippen MR) is 79.7 cm³/mol. The van der Waals surface area contributed by atoms with Crippen LogP contribution >= 0.6 is 0 Å². The van der Waals surface area contributed by atoms with Crippen molar-refractivity contribution in [3.8, 4) is 0 Å². The van der Waals surface area contributed by atoms with Gasteiger partial charge in [-0.25, -0.2) is 0 Å². The first-order valence-electron chi connectivity index (χ1n) is 6.97. The molecule has 1 saturated heterocycles. The minimum atomic E-state index is -0.388. The van der Waals surface area contributed by atoms with Crippen LogP contribution in [0.15, 0.2) is 24.3 Å². The molecule has 4 nitrogen and oxygen atoms in total. The first-order chi connectivity index (χ1) is 9.30. The van der Waals surface area contributed by atoms with Crippen molar-refractivity contribution in [2.45, 2.75) is 45.1 Å². The van der Waals surface area contributed by atoms with E-state index in [1.807, 2.05) is 24.3 Å². The van der Waals surface area contributed by atoms with E-state index in [-0.39, 0.29) is 23.3 Å². The number of nitrogens with one attached hydrogen (secondary N) is 1. The molecule has 1 atom stereocenters. The molecule has 1 unspecified atom stereocenters. The Morgan fingerprint density at radius 1 is 1.30 bits per heavy atom. The van der Waals surface area contributed by atoms with Gasteiger partial charge in [0.25, 0.3) is 0 Å². The Morgan fingerprint density at radius 2 is 1.95 bits per heavy atom. The zero-order chi connectivity index (χ0) is 14.9. The number of nitrogens with zero attached hydrogens (tertiary/aromatic N) is 1. The average Bonchev–Trinajstić information content (AvgIpc) is 2.83. The quantitative estimate of drug-likeness (QED) is 0.899. The number of rotatable bonds is 2. The van der Waals surface area contributed by atoms with Crippen molar-refractivity contribution in [2.24, 2.45) is 0 Å². The van der Waals surface area contributed by atoms with Gasteiger partial charge in [0, 0.05) is 19.2 Å². The molecule has 1 heterocycles. The third kappa shape index (κ3) is 2.84. The topological polar surface area (TPSA) is 49.4 Å². The summed E-state index contributed by atoms with van der Waals surface area (Å²) in [4.78, 5) is 25.4. The van der Waals surface area contributed by atoms with Gasteiger partial charge in [-0.3, -0.25) is 9.59 Å². The third-order valence-corrected chi connectivity index (χ3v) is 3.70. The molecule has 0 aliphatic carbocycles. The number of hydrogen-bond acceptors (Lipinski definition) is 2. The van der Waals surface area contributed by atoms with Crippen LogP contribution in [0.5, 0.6) is 0 Å². The van der Waals surface area contributed by atoms with Crippen LogP contribution in [0.3, 0.4) is 0 Å². The monoisotopic (exact) mass is 274 g/mol. The molecule has 1 aliphatic heterocycles. The number of para-hydroxylation sites is 1. The van der Waals surface area contributed by atoms with Gasteiger partial charge in [0.05, 0.1) is 0 Å². The Labute approximate surface area is 120 Å². The molecule has 1 aliphatic rings. The number of amides is 2. The summed E-state index contributed by atoms with van der Waals surface area (Å²) in [5, 5.41) is 2.73. The minimum absolute atomic E-state index is 0.0376. The predicted octanol–water partition coefficient (Wildman–Crippen LogP) is 2.23. The number of anilines is 1. The van der Waals surface area contributed by atoms with E-state index in [1.165, 1.54) is 0 Å². The van der Waals surface area contributed by atoms with Gasteiger partial charge in [0.2, 0.25) is 11.8 Å².